The third kappa shape index (κ3) is 2.96. The summed E-state index contributed by atoms with van der Waals surface area (Å²) in [6, 6.07) is 7.05. The van der Waals surface area contributed by atoms with Crippen LogP contribution in [0.5, 0.6) is 0 Å². The monoisotopic (exact) mass is 411 g/mol. The van der Waals surface area contributed by atoms with Crippen molar-refractivity contribution in [1.82, 2.24) is 9.38 Å². The van der Waals surface area contributed by atoms with E-state index in [1.54, 1.807) is 29.5 Å². The van der Waals surface area contributed by atoms with Gasteiger partial charge in [0.25, 0.3) is 5.91 Å². The third-order valence-corrected chi connectivity index (χ3v) is 4.80. The summed E-state index contributed by atoms with van der Waals surface area (Å²) in [5, 5.41) is 3.49. The highest BCUT2D eigenvalue weighted by Gasteiger charge is 2.19. The van der Waals surface area contributed by atoms with Gasteiger partial charge in [-0.2, -0.15) is 0 Å². The van der Waals surface area contributed by atoms with Crippen LogP contribution < -0.4 is 5.32 Å². The Morgan fingerprint density at radius 2 is 2.04 bits per heavy atom. The second-order valence-corrected chi connectivity index (χ2v) is 6.80. The van der Waals surface area contributed by atoms with Crippen molar-refractivity contribution in [2.24, 2.45) is 0 Å². The first-order chi connectivity index (χ1) is 10.9. The Labute approximate surface area is 151 Å². The summed E-state index contributed by atoms with van der Waals surface area (Å²) >= 11 is 15.6. The molecule has 0 bridgehead atoms. The summed E-state index contributed by atoms with van der Waals surface area (Å²) in [6.07, 6.45) is 1.87. The molecule has 7 heteroatoms. The number of imidazole rings is 1. The zero-order valence-corrected chi connectivity index (χ0v) is 15.4. The molecule has 23 heavy (non-hydrogen) atoms. The molecule has 0 radical (unpaired) electrons. The average Bonchev–Trinajstić information content (AvgIpc) is 2.80. The fraction of sp³-hybridized carbons (Fsp3) is 0.125. The van der Waals surface area contributed by atoms with Gasteiger partial charge in [0.1, 0.15) is 5.69 Å². The number of fused-ring (bicyclic) bond motifs is 1. The molecule has 0 atom stereocenters. The quantitative estimate of drug-likeness (QED) is 0.622. The number of halogens is 3. The number of amides is 1. The largest absolute Gasteiger partial charge is 0.319 e. The third-order valence-electron chi connectivity index (χ3n) is 3.40. The molecule has 0 saturated carbocycles. The standard InChI is InChI=1S/C16H12BrCl2N3O/c1-8-6-10(17)15-20-9(2)14(22(15)7-8)16(23)21-12-5-3-4-11(18)13(12)19/h3-7H,1-2H3,(H,21,23). The lowest BCUT2D eigenvalue weighted by Gasteiger charge is -2.09. The molecule has 3 rings (SSSR count). The summed E-state index contributed by atoms with van der Waals surface area (Å²) in [7, 11) is 0. The van der Waals surface area contributed by atoms with Crippen LogP contribution in [0, 0.1) is 13.8 Å². The molecule has 0 aliphatic heterocycles. The van der Waals surface area contributed by atoms with Crippen LogP contribution in [0.1, 0.15) is 21.7 Å². The molecule has 0 aliphatic rings. The Kier molecular flexibility index (Phi) is 4.36. The first kappa shape index (κ1) is 16.3. The van der Waals surface area contributed by atoms with Gasteiger partial charge in [-0.3, -0.25) is 9.20 Å². The second kappa shape index (κ2) is 6.15. The van der Waals surface area contributed by atoms with Gasteiger partial charge in [-0.25, -0.2) is 4.98 Å². The first-order valence-corrected chi connectivity index (χ1v) is 8.33. The van der Waals surface area contributed by atoms with E-state index in [2.05, 4.69) is 26.2 Å². The summed E-state index contributed by atoms with van der Waals surface area (Å²) < 4.78 is 2.60. The Balaban J connectivity index is 2.08. The molecule has 118 valence electrons. The molecule has 2 heterocycles. The summed E-state index contributed by atoms with van der Waals surface area (Å²) in [5.74, 6) is -0.295. The number of carbonyl (C=O) groups is 1. The predicted octanol–water partition coefficient (Wildman–Crippen LogP) is 5.27. The van der Waals surface area contributed by atoms with Crippen molar-refractivity contribution in [3.8, 4) is 0 Å². The molecule has 2 aromatic heterocycles. The molecule has 1 amide bonds. The maximum Gasteiger partial charge on any atom is 0.274 e. The van der Waals surface area contributed by atoms with Gasteiger partial charge in [0.2, 0.25) is 0 Å². The van der Waals surface area contributed by atoms with Crippen molar-refractivity contribution >= 4 is 56.4 Å². The van der Waals surface area contributed by atoms with E-state index in [0.29, 0.717) is 32.8 Å². The van der Waals surface area contributed by atoms with Gasteiger partial charge in [0.05, 0.1) is 25.9 Å². The smallest absolute Gasteiger partial charge is 0.274 e. The molecule has 0 saturated heterocycles. The maximum atomic E-state index is 12.7. The number of rotatable bonds is 2. The minimum Gasteiger partial charge on any atom is -0.319 e. The SMILES string of the molecule is Cc1cc(Br)c2nc(C)c(C(=O)Nc3cccc(Cl)c3Cl)n2c1. The Morgan fingerprint density at radius 1 is 1.30 bits per heavy atom. The van der Waals surface area contributed by atoms with Crippen LogP contribution in [0.15, 0.2) is 34.9 Å². The average molecular weight is 413 g/mol. The summed E-state index contributed by atoms with van der Waals surface area (Å²) in [4.78, 5) is 17.2. The van der Waals surface area contributed by atoms with Crippen molar-refractivity contribution in [3.05, 3.63) is 61.9 Å². The lowest BCUT2D eigenvalue weighted by Crippen LogP contribution is -2.16. The lowest BCUT2D eigenvalue weighted by atomic mass is 10.2. The number of carbonyl (C=O) groups excluding carboxylic acids is 1. The molecule has 0 aliphatic carbocycles. The van der Waals surface area contributed by atoms with Crippen molar-refractivity contribution in [2.75, 3.05) is 5.32 Å². The van der Waals surface area contributed by atoms with Gasteiger partial charge >= 0.3 is 0 Å². The molecular formula is C16H12BrCl2N3O. The van der Waals surface area contributed by atoms with Crippen LogP contribution in [0.4, 0.5) is 5.69 Å². The van der Waals surface area contributed by atoms with E-state index in [0.717, 1.165) is 10.0 Å². The number of nitrogens with one attached hydrogen (secondary N) is 1. The highest BCUT2D eigenvalue weighted by Crippen LogP contribution is 2.30. The predicted molar refractivity (Wildman–Crippen MR) is 96.8 cm³/mol. The number of anilines is 1. The molecule has 0 unspecified atom stereocenters. The molecule has 0 spiro atoms. The minimum atomic E-state index is -0.295. The van der Waals surface area contributed by atoms with Gasteiger partial charge in [-0.15, -0.1) is 0 Å². The zero-order chi connectivity index (χ0) is 16.7. The van der Waals surface area contributed by atoms with Crippen molar-refractivity contribution < 1.29 is 4.79 Å². The first-order valence-electron chi connectivity index (χ1n) is 6.78. The van der Waals surface area contributed by atoms with Crippen LogP contribution in [0.2, 0.25) is 10.0 Å². The summed E-state index contributed by atoms with van der Waals surface area (Å²) in [5.41, 5.74) is 3.25. The van der Waals surface area contributed by atoms with Crippen molar-refractivity contribution in [3.63, 3.8) is 0 Å². The number of aromatic nitrogens is 2. The molecule has 4 nitrogen and oxygen atoms in total. The normalized spacial score (nSPS) is 11.0. The number of benzene rings is 1. The van der Waals surface area contributed by atoms with E-state index in [1.807, 2.05) is 19.2 Å². The molecule has 1 N–H and O–H groups in total. The van der Waals surface area contributed by atoms with Gasteiger partial charge in [0.15, 0.2) is 5.65 Å². The van der Waals surface area contributed by atoms with Crippen LogP contribution in [0.3, 0.4) is 0 Å². The van der Waals surface area contributed by atoms with Crippen molar-refractivity contribution in [1.29, 1.82) is 0 Å². The van der Waals surface area contributed by atoms with E-state index in [9.17, 15) is 4.79 Å². The highest BCUT2D eigenvalue weighted by atomic mass is 79.9. The van der Waals surface area contributed by atoms with E-state index < -0.39 is 0 Å². The Bertz CT molecular complexity index is 937. The number of nitrogens with zero attached hydrogens (tertiary/aromatic N) is 2. The summed E-state index contributed by atoms with van der Waals surface area (Å²) in [6.45, 7) is 3.75. The minimum absolute atomic E-state index is 0.295. The Hall–Kier alpha value is -1.56. The molecule has 1 aromatic carbocycles. The van der Waals surface area contributed by atoms with Crippen LogP contribution in [0.25, 0.3) is 5.65 Å². The highest BCUT2D eigenvalue weighted by molar-refractivity contribution is 9.10. The van der Waals surface area contributed by atoms with Gasteiger partial charge in [0, 0.05) is 6.20 Å². The molecule has 0 fully saturated rings. The van der Waals surface area contributed by atoms with Gasteiger partial charge < -0.3 is 5.32 Å². The van der Waals surface area contributed by atoms with E-state index >= 15 is 0 Å². The van der Waals surface area contributed by atoms with E-state index in [-0.39, 0.29) is 5.91 Å². The number of hydrogen-bond acceptors (Lipinski definition) is 2. The van der Waals surface area contributed by atoms with Gasteiger partial charge in [-0.05, 0) is 53.5 Å². The van der Waals surface area contributed by atoms with Crippen LogP contribution in [-0.2, 0) is 0 Å². The lowest BCUT2D eigenvalue weighted by molar-refractivity contribution is 0.102. The van der Waals surface area contributed by atoms with Crippen LogP contribution >= 0.6 is 39.1 Å². The van der Waals surface area contributed by atoms with E-state index in [1.165, 1.54) is 0 Å². The zero-order valence-electron chi connectivity index (χ0n) is 12.3. The molecular weight excluding hydrogens is 401 g/mol. The van der Waals surface area contributed by atoms with Crippen molar-refractivity contribution in [2.45, 2.75) is 13.8 Å². The Morgan fingerprint density at radius 3 is 2.78 bits per heavy atom. The topological polar surface area (TPSA) is 46.4 Å². The number of pyridine rings is 1. The van der Waals surface area contributed by atoms with Gasteiger partial charge in [-0.1, -0.05) is 29.3 Å². The fourth-order valence-corrected chi connectivity index (χ4v) is 3.39. The molecule has 3 aromatic rings. The number of hydrogen-bond donors (Lipinski definition) is 1. The van der Waals surface area contributed by atoms with Crippen LogP contribution in [-0.4, -0.2) is 15.3 Å². The maximum absolute atomic E-state index is 12.7. The number of aryl methyl sites for hydroxylation is 2. The fourth-order valence-electron chi connectivity index (χ4n) is 2.40. The van der Waals surface area contributed by atoms with E-state index in [4.69, 9.17) is 23.2 Å². The second-order valence-electron chi connectivity index (χ2n) is 5.16.